The Labute approximate surface area is 156 Å². The molecule has 0 radical (unpaired) electrons. The molecular formula is C17H27Cl3N2O. The number of nitrogens with one attached hydrogen (secondary N) is 1. The van der Waals surface area contributed by atoms with Gasteiger partial charge in [0.05, 0.1) is 5.02 Å². The third-order valence-corrected chi connectivity index (χ3v) is 5.53. The quantitative estimate of drug-likeness (QED) is 0.804. The molecule has 2 N–H and O–H groups in total. The summed E-state index contributed by atoms with van der Waals surface area (Å²) >= 11 is 6.00. The Bertz CT molecular complexity index is 493. The van der Waals surface area contributed by atoms with E-state index in [0.717, 1.165) is 6.54 Å². The van der Waals surface area contributed by atoms with E-state index in [1.54, 1.807) is 6.07 Å². The maximum absolute atomic E-state index is 9.51. The highest BCUT2D eigenvalue weighted by Gasteiger charge is 2.33. The van der Waals surface area contributed by atoms with Crippen molar-refractivity contribution in [3.8, 4) is 5.75 Å². The van der Waals surface area contributed by atoms with Crippen LogP contribution < -0.4 is 5.32 Å². The Morgan fingerprint density at radius 3 is 2.52 bits per heavy atom. The molecular weight excluding hydrogens is 355 g/mol. The Hall–Kier alpha value is -0.190. The number of benzene rings is 1. The van der Waals surface area contributed by atoms with Gasteiger partial charge in [-0.2, -0.15) is 0 Å². The van der Waals surface area contributed by atoms with Crippen LogP contribution in [0.2, 0.25) is 5.02 Å². The predicted molar refractivity (Wildman–Crippen MR) is 101 cm³/mol. The van der Waals surface area contributed by atoms with E-state index in [0.29, 0.717) is 10.4 Å². The van der Waals surface area contributed by atoms with Crippen LogP contribution in [0.25, 0.3) is 0 Å². The van der Waals surface area contributed by atoms with Gasteiger partial charge < -0.3 is 10.4 Å². The van der Waals surface area contributed by atoms with Gasteiger partial charge >= 0.3 is 0 Å². The van der Waals surface area contributed by atoms with E-state index in [4.69, 9.17) is 11.6 Å². The van der Waals surface area contributed by atoms with Gasteiger partial charge in [0.2, 0.25) is 0 Å². The summed E-state index contributed by atoms with van der Waals surface area (Å²) in [6.45, 7) is 5.67. The van der Waals surface area contributed by atoms with E-state index < -0.39 is 0 Å². The summed E-state index contributed by atoms with van der Waals surface area (Å²) in [5.74, 6) is 0.171. The lowest BCUT2D eigenvalue weighted by Crippen LogP contribution is -2.37. The molecule has 0 saturated carbocycles. The van der Waals surface area contributed by atoms with Crippen LogP contribution >= 0.6 is 36.4 Å². The zero-order valence-electron chi connectivity index (χ0n) is 13.4. The largest absolute Gasteiger partial charge is 0.506 e. The zero-order valence-corrected chi connectivity index (χ0v) is 15.8. The Morgan fingerprint density at radius 1 is 1.09 bits per heavy atom. The van der Waals surface area contributed by atoms with Gasteiger partial charge in [-0.1, -0.05) is 17.7 Å². The monoisotopic (exact) mass is 380 g/mol. The number of likely N-dealkylation sites (tertiary alicyclic amines) is 1. The van der Waals surface area contributed by atoms with Gasteiger partial charge in [-0.15, -0.1) is 24.8 Å². The first-order valence-electron chi connectivity index (χ1n) is 8.07. The maximum Gasteiger partial charge on any atom is 0.134 e. The molecule has 0 atom stereocenters. The van der Waals surface area contributed by atoms with Gasteiger partial charge in [-0.05, 0) is 81.4 Å². The van der Waals surface area contributed by atoms with E-state index in [2.05, 4.69) is 10.2 Å². The summed E-state index contributed by atoms with van der Waals surface area (Å²) in [6, 6.07) is 5.57. The number of phenols is 1. The normalized spacial score (nSPS) is 21.1. The van der Waals surface area contributed by atoms with Crippen LogP contribution in [-0.2, 0) is 6.54 Å². The fourth-order valence-electron chi connectivity index (χ4n) is 3.83. The zero-order chi connectivity index (χ0) is 14.7. The second-order valence-electron chi connectivity index (χ2n) is 6.67. The predicted octanol–water partition coefficient (Wildman–Crippen LogP) is 4.24. The van der Waals surface area contributed by atoms with Gasteiger partial charge in [0, 0.05) is 6.54 Å². The Balaban J connectivity index is 0.00000132. The minimum Gasteiger partial charge on any atom is -0.506 e. The molecule has 0 unspecified atom stereocenters. The van der Waals surface area contributed by atoms with Crippen LogP contribution in [0.3, 0.4) is 0 Å². The average molecular weight is 382 g/mol. The summed E-state index contributed by atoms with van der Waals surface area (Å²) in [5, 5.41) is 13.5. The molecule has 0 bridgehead atoms. The van der Waals surface area contributed by atoms with Gasteiger partial charge in [0.1, 0.15) is 5.75 Å². The van der Waals surface area contributed by atoms with Gasteiger partial charge in [-0.3, -0.25) is 4.90 Å². The van der Waals surface area contributed by atoms with Crippen LogP contribution in [0, 0.1) is 5.41 Å². The van der Waals surface area contributed by atoms with Crippen molar-refractivity contribution in [2.45, 2.75) is 38.6 Å². The number of aromatic hydroxyl groups is 1. The first-order chi connectivity index (χ1) is 10.2. The number of piperidine rings is 1. The first-order valence-corrected chi connectivity index (χ1v) is 8.45. The lowest BCUT2D eigenvalue weighted by atomic mass is 9.73. The number of halogens is 3. The summed E-state index contributed by atoms with van der Waals surface area (Å²) in [4.78, 5) is 2.54. The molecule has 1 spiro atoms. The van der Waals surface area contributed by atoms with Crippen LogP contribution in [0.4, 0.5) is 0 Å². The second kappa shape index (κ2) is 9.33. The van der Waals surface area contributed by atoms with Crippen LogP contribution in [0.5, 0.6) is 5.75 Å². The van der Waals surface area contributed by atoms with E-state index in [1.807, 2.05) is 12.1 Å². The van der Waals surface area contributed by atoms with Crippen molar-refractivity contribution in [3.05, 3.63) is 28.8 Å². The Kier molecular flexibility index (Phi) is 8.46. The van der Waals surface area contributed by atoms with Crippen LogP contribution in [0.15, 0.2) is 18.2 Å². The highest BCUT2D eigenvalue weighted by atomic mass is 35.5. The second-order valence-corrected chi connectivity index (χ2v) is 7.07. The van der Waals surface area contributed by atoms with Crippen molar-refractivity contribution in [3.63, 3.8) is 0 Å². The lowest BCUT2D eigenvalue weighted by molar-refractivity contribution is 0.167. The smallest absolute Gasteiger partial charge is 0.134 e. The van der Waals surface area contributed by atoms with Gasteiger partial charge in [0.25, 0.3) is 0 Å². The first kappa shape index (κ1) is 20.9. The van der Waals surface area contributed by atoms with Crippen LogP contribution in [-0.4, -0.2) is 36.2 Å². The molecule has 1 aromatic rings. The Morgan fingerprint density at radius 2 is 1.83 bits per heavy atom. The van der Waals surface area contributed by atoms with E-state index in [1.165, 1.54) is 63.8 Å². The van der Waals surface area contributed by atoms with Crippen molar-refractivity contribution in [1.82, 2.24) is 10.2 Å². The molecule has 2 saturated heterocycles. The maximum atomic E-state index is 9.51. The fraction of sp³-hybridized carbons (Fsp3) is 0.647. The van der Waals surface area contributed by atoms with Crippen LogP contribution in [0.1, 0.15) is 37.7 Å². The molecule has 6 heteroatoms. The highest BCUT2D eigenvalue weighted by molar-refractivity contribution is 6.32. The number of phenolic OH excluding ortho intramolecular Hbond substituents is 1. The molecule has 2 fully saturated rings. The SMILES string of the molecule is Cl.Cl.Oc1ccc(CN2CCCC3(CCNCC3)CC2)cc1Cl. The third-order valence-electron chi connectivity index (χ3n) is 5.22. The van der Waals surface area contributed by atoms with E-state index in [-0.39, 0.29) is 30.6 Å². The van der Waals surface area contributed by atoms with E-state index in [9.17, 15) is 5.11 Å². The molecule has 0 aromatic heterocycles. The number of hydrogen-bond acceptors (Lipinski definition) is 3. The summed E-state index contributed by atoms with van der Waals surface area (Å²) < 4.78 is 0. The molecule has 2 aliphatic heterocycles. The fourth-order valence-corrected chi connectivity index (χ4v) is 4.04. The summed E-state index contributed by atoms with van der Waals surface area (Å²) in [7, 11) is 0. The molecule has 23 heavy (non-hydrogen) atoms. The summed E-state index contributed by atoms with van der Waals surface area (Å²) in [5.41, 5.74) is 1.78. The van der Waals surface area contributed by atoms with Crippen molar-refractivity contribution in [2.24, 2.45) is 5.41 Å². The van der Waals surface area contributed by atoms with E-state index >= 15 is 0 Å². The molecule has 0 amide bonds. The molecule has 3 rings (SSSR count). The van der Waals surface area contributed by atoms with Crippen molar-refractivity contribution >= 4 is 36.4 Å². The number of rotatable bonds is 2. The molecule has 3 nitrogen and oxygen atoms in total. The highest BCUT2D eigenvalue weighted by Crippen LogP contribution is 2.39. The van der Waals surface area contributed by atoms with Crippen molar-refractivity contribution in [1.29, 1.82) is 0 Å². The lowest BCUT2D eigenvalue weighted by Gasteiger charge is -2.37. The number of nitrogens with zero attached hydrogens (tertiary/aromatic N) is 1. The number of hydrogen-bond donors (Lipinski definition) is 2. The van der Waals surface area contributed by atoms with Gasteiger partial charge in [-0.25, -0.2) is 0 Å². The minimum absolute atomic E-state index is 0. The third kappa shape index (κ3) is 5.40. The molecule has 0 aliphatic carbocycles. The molecule has 2 heterocycles. The minimum atomic E-state index is 0. The molecule has 1 aromatic carbocycles. The standard InChI is InChI=1S/C17H25ClN2O.2ClH/c18-15-12-14(2-3-16(15)21)13-20-10-1-4-17(7-11-20)5-8-19-9-6-17;;/h2-3,12,19,21H,1,4-11,13H2;2*1H. The average Bonchev–Trinajstić information content (AvgIpc) is 2.67. The van der Waals surface area contributed by atoms with Gasteiger partial charge in [0.15, 0.2) is 0 Å². The van der Waals surface area contributed by atoms with Crippen molar-refractivity contribution in [2.75, 3.05) is 26.2 Å². The topological polar surface area (TPSA) is 35.5 Å². The molecule has 2 aliphatic rings. The summed E-state index contributed by atoms with van der Waals surface area (Å²) in [6.07, 6.45) is 6.67. The molecule has 132 valence electrons. The van der Waals surface area contributed by atoms with Crippen molar-refractivity contribution < 1.29 is 5.11 Å².